The highest BCUT2D eigenvalue weighted by Crippen LogP contribution is 2.02. The summed E-state index contributed by atoms with van der Waals surface area (Å²) < 4.78 is 40.9. The number of aryl methyl sites for hydroxylation is 1. The molecule has 0 aliphatic heterocycles. The highest BCUT2D eigenvalue weighted by molar-refractivity contribution is 5.73. The molecule has 0 aliphatic rings. The fourth-order valence-corrected chi connectivity index (χ4v) is 1.61. The van der Waals surface area contributed by atoms with E-state index in [1.165, 1.54) is 6.26 Å². The van der Waals surface area contributed by atoms with E-state index < -0.39 is 10.2 Å². The Morgan fingerprint density at radius 3 is 2.17 bits per heavy atom. The van der Waals surface area contributed by atoms with Crippen molar-refractivity contribution < 1.29 is 43.0 Å². The van der Waals surface area contributed by atoms with Crippen molar-refractivity contribution in [2.24, 2.45) is 7.05 Å². The predicted molar refractivity (Wildman–Crippen MR) is 72.9 cm³/mol. The molecule has 1 heterocycles. The van der Waals surface area contributed by atoms with Crippen LogP contribution in [-0.4, -0.2) is 5.97 Å². The maximum atomic E-state index is 11.6. The molecule has 128 valence electrons. The third kappa shape index (κ3) is 10.4. The molecule has 0 radical (unpaired) electrons. The van der Waals surface area contributed by atoms with Crippen molar-refractivity contribution in [2.45, 2.75) is 6.42 Å². The molecule has 0 atom stereocenters. The Bertz CT molecular complexity index is 647. The number of esters is 1. The van der Waals surface area contributed by atoms with Crippen molar-refractivity contribution in [1.82, 2.24) is 0 Å². The lowest BCUT2D eigenvalue weighted by molar-refractivity contribution is -2.00. The molecule has 0 amide bonds. The summed E-state index contributed by atoms with van der Waals surface area (Å²) in [6.45, 7) is 0. The second kappa shape index (κ2) is 9.76. The van der Waals surface area contributed by atoms with Crippen LogP contribution in [0.1, 0.15) is 11.1 Å². The maximum absolute atomic E-state index is 11.6. The fraction of sp³-hybridized carbons (Fsp3) is 0.125. The van der Waals surface area contributed by atoms with Gasteiger partial charge in [0.15, 0.2) is 12.4 Å². The quantitative estimate of drug-likeness (QED) is 0.340. The largest absolute Gasteiger partial charge is 0.434 e. The first-order valence-electron chi connectivity index (χ1n) is 6.71. The summed E-state index contributed by atoms with van der Waals surface area (Å²) in [5, 5.41) is 0. The molecular weight excluding hydrogens is 338 g/mol. The summed E-state index contributed by atoms with van der Waals surface area (Å²) in [4.78, 5) is 11.6. The SMILES string of the molecule is C[n+]1ccc(CC(=O)O/C=C/c2ccccc2)cc1.[O-][Cl+3]([O-])([O-])[O-]. The van der Waals surface area contributed by atoms with E-state index in [2.05, 4.69) is 0 Å². The van der Waals surface area contributed by atoms with Crippen LogP contribution in [0.25, 0.3) is 6.08 Å². The molecule has 1 aromatic heterocycles. The van der Waals surface area contributed by atoms with Crippen LogP contribution < -0.4 is 23.2 Å². The summed E-state index contributed by atoms with van der Waals surface area (Å²) in [5.41, 5.74) is 1.94. The van der Waals surface area contributed by atoms with Crippen molar-refractivity contribution in [3.8, 4) is 0 Å². The zero-order valence-corrected chi connectivity index (χ0v) is 13.6. The summed E-state index contributed by atoms with van der Waals surface area (Å²) in [7, 11) is -3.01. The number of hydrogen-bond acceptors (Lipinski definition) is 6. The number of nitrogens with zero attached hydrogens (tertiary/aromatic N) is 1. The first-order chi connectivity index (χ1) is 11.2. The van der Waals surface area contributed by atoms with Gasteiger partial charge in [0.1, 0.15) is 7.05 Å². The van der Waals surface area contributed by atoms with E-state index in [0.29, 0.717) is 0 Å². The highest BCUT2D eigenvalue weighted by atomic mass is 35.7. The standard InChI is InChI=1S/C16H16NO2.ClHO4/c1-17-10-7-15(8-11-17)13-16(18)19-12-9-14-5-3-2-4-6-14;2-1(3,4)5/h2-12H,13H2,1H3;(H,2,3,4,5)/q+1;/p-1/b12-9+;. The Labute approximate surface area is 141 Å². The van der Waals surface area contributed by atoms with Gasteiger partial charge in [-0.05, 0) is 17.2 Å². The van der Waals surface area contributed by atoms with E-state index in [0.717, 1.165) is 11.1 Å². The Morgan fingerprint density at radius 2 is 1.62 bits per heavy atom. The lowest BCUT2D eigenvalue weighted by Gasteiger charge is -2.17. The molecule has 0 aliphatic carbocycles. The first-order valence-corrected chi connectivity index (χ1v) is 7.94. The van der Waals surface area contributed by atoms with Gasteiger partial charge in [-0.15, -0.1) is 10.2 Å². The highest BCUT2D eigenvalue weighted by Gasteiger charge is 2.04. The van der Waals surface area contributed by atoms with E-state index in [-0.39, 0.29) is 12.4 Å². The molecule has 0 saturated heterocycles. The van der Waals surface area contributed by atoms with Gasteiger partial charge in [0.25, 0.3) is 0 Å². The Balaban J connectivity index is 0.000000505. The minimum Gasteiger partial charge on any atom is -0.434 e. The van der Waals surface area contributed by atoms with Gasteiger partial charge >= 0.3 is 5.97 Å². The van der Waals surface area contributed by atoms with E-state index >= 15 is 0 Å². The molecule has 24 heavy (non-hydrogen) atoms. The van der Waals surface area contributed by atoms with Crippen LogP contribution in [0.2, 0.25) is 0 Å². The van der Waals surface area contributed by atoms with Gasteiger partial charge in [-0.3, -0.25) is 4.79 Å². The number of pyridine rings is 1. The van der Waals surface area contributed by atoms with Crippen molar-refractivity contribution in [3.63, 3.8) is 0 Å². The smallest absolute Gasteiger partial charge is 0.315 e. The first kappa shape index (κ1) is 19.8. The van der Waals surface area contributed by atoms with Gasteiger partial charge in [-0.2, -0.15) is 0 Å². The molecule has 8 heteroatoms. The molecule has 0 bridgehead atoms. The third-order valence-corrected chi connectivity index (χ3v) is 2.66. The molecular formula is C16H16ClNO6. The molecule has 1 aromatic carbocycles. The van der Waals surface area contributed by atoms with Crippen LogP contribution in [0.3, 0.4) is 0 Å². The Kier molecular flexibility index (Phi) is 8.03. The van der Waals surface area contributed by atoms with Crippen LogP contribution in [0.5, 0.6) is 0 Å². The predicted octanol–water partition coefficient (Wildman–Crippen LogP) is -2.49. The molecule has 2 rings (SSSR count). The number of benzene rings is 1. The zero-order valence-electron chi connectivity index (χ0n) is 12.8. The fourth-order valence-electron chi connectivity index (χ4n) is 1.61. The Hall–Kier alpha value is -2.29. The van der Waals surface area contributed by atoms with Crippen molar-refractivity contribution >= 4 is 12.0 Å². The molecule has 0 saturated carbocycles. The average Bonchev–Trinajstić information content (AvgIpc) is 2.49. The maximum Gasteiger partial charge on any atom is 0.315 e. The summed E-state index contributed by atoms with van der Waals surface area (Å²) >= 11 is 0. The van der Waals surface area contributed by atoms with Crippen LogP contribution in [0, 0.1) is 10.2 Å². The van der Waals surface area contributed by atoms with E-state index in [4.69, 9.17) is 23.4 Å². The minimum atomic E-state index is -4.94. The van der Waals surface area contributed by atoms with Crippen molar-refractivity contribution in [3.05, 3.63) is 72.2 Å². The molecule has 0 fully saturated rings. The van der Waals surface area contributed by atoms with Crippen molar-refractivity contribution in [2.75, 3.05) is 0 Å². The van der Waals surface area contributed by atoms with Gasteiger partial charge in [0.2, 0.25) is 0 Å². The number of carbonyl (C=O) groups excluding carboxylic acids is 1. The lowest BCUT2D eigenvalue weighted by Crippen LogP contribution is -2.68. The third-order valence-electron chi connectivity index (χ3n) is 2.66. The number of rotatable bonds is 4. The molecule has 0 N–H and O–H groups in total. The van der Waals surface area contributed by atoms with E-state index in [1.807, 2.05) is 66.5 Å². The summed E-state index contributed by atoms with van der Waals surface area (Å²) in [5.74, 6) is -0.263. The molecule has 0 unspecified atom stereocenters. The number of hydrogen-bond donors (Lipinski definition) is 0. The second-order valence-corrected chi connectivity index (χ2v) is 5.39. The number of ether oxygens (including phenoxy) is 1. The zero-order chi connectivity index (χ0) is 18.0. The van der Waals surface area contributed by atoms with E-state index in [1.54, 1.807) is 6.08 Å². The van der Waals surface area contributed by atoms with Gasteiger partial charge < -0.3 is 4.74 Å². The molecule has 0 spiro atoms. The van der Waals surface area contributed by atoms with Gasteiger partial charge in [-0.1, -0.05) is 30.3 Å². The van der Waals surface area contributed by atoms with Crippen LogP contribution in [-0.2, 0) is 23.0 Å². The molecule has 2 aromatic rings. The normalized spacial score (nSPS) is 10.9. The number of halogens is 1. The van der Waals surface area contributed by atoms with Crippen LogP contribution in [0.4, 0.5) is 0 Å². The Morgan fingerprint density at radius 1 is 1.08 bits per heavy atom. The molecule has 7 nitrogen and oxygen atoms in total. The monoisotopic (exact) mass is 353 g/mol. The average molecular weight is 354 g/mol. The summed E-state index contributed by atoms with van der Waals surface area (Å²) in [6, 6.07) is 13.5. The summed E-state index contributed by atoms with van der Waals surface area (Å²) in [6.07, 6.45) is 7.29. The topological polar surface area (TPSA) is 122 Å². The van der Waals surface area contributed by atoms with Crippen LogP contribution in [0.15, 0.2) is 61.1 Å². The minimum absolute atomic E-state index is 0.263. The second-order valence-electron chi connectivity index (χ2n) is 4.63. The van der Waals surface area contributed by atoms with Crippen molar-refractivity contribution in [1.29, 1.82) is 0 Å². The van der Waals surface area contributed by atoms with E-state index in [9.17, 15) is 4.79 Å². The van der Waals surface area contributed by atoms with Gasteiger partial charge in [0.05, 0.1) is 12.7 Å². The van der Waals surface area contributed by atoms with Gasteiger partial charge in [0, 0.05) is 12.1 Å². The van der Waals surface area contributed by atoms with Crippen LogP contribution >= 0.6 is 0 Å². The van der Waals surface area contributed by atoms with Gasteiger partial charge in [-0.25, -0.2) is 23.2 Å². The lowest BCUT2D eigenvalue weighted by atomic mass is 10.2. The number of carbonyl (C=O) groups is 1. The number of aromatic nitrogens is 1.